The minimum absolute atomic E-state index is 0.0795. The van der Waals surface area contributed by atoms with Crippen LogP contribution in [0.5, 0.6) is 0 Å². The molecule has 0 bridgehead atoms. The molecule has 1 aliphatic rings. The number of rotatable bonds is 4. The molecule has 1 aromatic rings. The van der Waals surface area contributed by atoms with Gasteiger partial charge < -0.3 is 4.74 Å². The number of hydrogen-bond donors (Lipinski definition) is 0. The van der Waals surface area contributed by atoms with E-state index in [0.717, 1.165) is 31.3 Å². The molecular formula is C18H23NO2S. The third kappa shape index (κ3) is 4.88. The fourth-order valence-electron chi connectivity index (χ4n) is 2.49. The summed E-state index contributed by atoms with van der Waals surface area (Å²) in [5.41, 5.74) is 0.904. The third-order valence-corrected chi connectivity index (χ3v) is 4.39. The van der Waals surface area contributed by atoms with Gasteiger partial charge >= 0.3 is 0 Å². The molecular weight excluding hydrogens is 294 g/mol. The molecule has 118 valence electrons. The molecule has 1 heterocycles. The van der Waals surface area contributed by atoms with Crippen molar-refractivity contribution in [3.63, 3.8) is 0 Å². The summed E-state index contributed by atoms with van der Waals surface area (Å²) < 4.78 is 6.00. The van der Waals surface area contributed by atoms with Crippen LogP contribution in [-0.2, 0) is 16.1 Å². The Morgan fingerprint density at radius 1 is 1.41 bits per heavy atom. The predicted octanol–water partition coefficient (Wildman–Crippen LogP) is 2.95. The fourth-order valence-corrected chi connectivity index (χ4v) is 2.65. The topological polar surface area (TPSA) is 29.5 Å². The molecule has 2 rings (SSSR count). The Kier molecular flexibility index (Phi) is 6.07. The van der Waals surface area contributed by atoms with Crippen LogP contribution in [0.2, 0.25) is 0 Å². The molecule has 1 saturated heterocycles. The number of hydrogen-bond acceptors (Lipinski definition) is 4. The maximum absolute atomic E-state index is 11.3. The largest absolute Gasteiger partial charge is 0.372 e. The zero-order chi connectivity index (χ0) is 16.0. The third-order valence-electron chi connectivity index (χ3n) is 3.92. The van der Waals surface area contributed by atoms with Gasteiger partial charge in [0.1, 0.15) is 0 Å². The molecule has 3 nitrogen and oxygen atoms in total. The van der Waals surface area contributed by atoms with Crippen molar-refractivity contribution in [3.05, 3.63) is 35.9 Å². The van der Waals surface area contributed by atoms with Crippen molar-refractivity contribution in [2.75, 3.05) is 19.3 Å². The molecule has 0 N–H and O–H groups in total. The summed E-state index contributed by atoms with van der Waals surface area (Å²) in [5.74, 6) is 5.81. The van der Waals surface area contributed by atoms with Gasteiger partial charge in [0.2, 0.25) is 0 Å². The second-order valence-electron chi connectivity index (χ2n) is 5.95. The summed E-state index contributed by atoms with van der Waals surface area (Å²) in [4.78, 5) is 13.6. The number of thioether (sulfide) groups is 1. The number of benzene rings is 1. The van der Waals surface area contributed by atoms with Crippen LogP contribution >= 0.6 is 11.8 Å². The van der Waals surface area contributed by atoms with E-state index in [1.165, 1.54) is 5.56 Å². The molecule has 0 unspecified atom stereocenters. The predicted molar refractivity (Wildman–Crippen MR) is 91.6 cm³/mol. The van der Waals surface area contributed by atoms with Crippen molar-refractivity contribution >= 4 is 16.9 Å². The summed E-state index contributed by atoms with van der Waals surface area (Å²) >= 11 is 1.16. The highest BCUT2D eigenvalue weighted by Crippen LogP contribution is 2.23. The number of nitrogens with zero attached hydrogens (tertiary/aromatic N) is 1. The molecule has 0 spiro atoms. The zero-order valence-electron chi connectivity index (χ0n) is 13.5. The fraction of sp³-hybridized carbons (Fsp3) is 0.500. The monoisotopic (exact) mass is 317 g/mol. The van der Waals surface area contributed by atoms with Gasteiger partial charge in [-0.15, -0.1) is 0 Å². The average molecular weight is 317 g/mol. The van der Waals surface area contributed by atoms with E-state index in [0.29, 0.717) is 6.61 Å². The summed E-state index contributed by atoms with van der Waals surface area (Å²) in [7, 11) is 0. The van der Waals surface area contributed by atoms with E-state index in [-0.39, 0.29) is 16.8 Å². The summed E-state index contributed by atoms with van der Waals surface area (Å²) in [6.45, 7) is 6.59. The van der Waals surface area contributed by atoms with E-state index in [1.54, 1.807) is 6.26 Å². The van der Waals surface area contributed by atoms with Gasteiger partial charge in [-0.3, -0.25) is 9.69 Å². The van der Waals surface area contributed by atoms with Crippen molar-refractivity contribution < 1.29 is 9.53 Å². The van der Waals surface area contributed by atoms with Crippen LogP contribution in [0.4, 0.5) is 0 Å². The smallest absolute Gasteiger partial charge is 0.262 e. The lowest BCUT2D eigenvalue weighted by Crippen LogP contribution is -2.41. The van der Waals surface area contributed by atoms with Crippen molar-refractivity contribution in [1.29, 1.82) is 0 Å². The minimum Gasteiger partial charge on any atom is -0.372 e. The molecule has 0 radical (unpaired) electrons. The van der Waals surface area contributed by atoms with Gasteiger partial charge in [0.25, 0.3) is 5.12 Å². The standard InChI is InChI=1S/C18H23NO2S/c1-18(2,11-9-17(20)22-3)19-12-10-16(13-19)21-14-15-7-5-4-6-8-15/h4-8,16H,10,12-14H2,1-3H3/t16-/m1/s1. The van der Waals surface area contributed by atoms with E-state index in [1.807, 2.05) is 18.2 Å². The van der Waals surface area contributed by atoms with Gasteiger partial charge in [0.05, 0.1) is 18.2 Å². The Morgan fingerprint density at radius 2 is 2.14 bits per heavy atom. The van der Waals surface area contributed by atoms with Crippen LogP contribution in [0.1, 0.15) is 25.8 Å². The summed E-state index contributed by atoms with van der Waals surface area (Å²) in [6, 6.07) is 10.2. The maximum Gasteiger partial charge on any atom is 0.262 e. The average Bonchev–Trinajstić information content (AvgIpc) is 3.01. The Bertz CT molecular complexity index is 559. The number of carbonyl (C=O) groups is 1. The van der Waals surface area contributed by atoms with Crippen LogP contribution in [0, 0.1) is 11.8 Å². The second kappa shape index (κ2) is 7.82. The highest BCUT2D eigenvalue weighted by Gasteiger charge is 2.32. The van der Waals surface area contributed by atoms with Gasteiger partial charge in [-0.25, -0.2) is 0 Å². The Hall–Kier alpha value is -1.28. The Labute approximate surface area is 137 Å². The second-order valence-corrected chi connectivity index (χ2v) is 6.73. The molecule has 1 atom stereocenters. The zero-order valence-corrected chi connectivity index (χ0v) is 14.3. The quantitative estimate of drug-likeness (QED) is 0.799. The van der Waals surface area contributed by atoms with E-state index < -0.39 is 0 Å². The molecule has 0 aliphatic carbocycles. The molecule has 4 heteroatoms. The molecule has 0 aromatic heterocycles. The lowest BCUT2D eigenvalue weighted by atomic mass is 10.0. The highest BCUT2D eigenvalue weighted by atomic mass is 32.2. The first-order valence-corrected chi connectivity index (χ1v) is 8.75. The first-order valence-electron chi connectivity index (χ1n) is 7.53. The van der Waals surface area contributed by atoms with Gasteiger partial charge in [0.15, 0.2) is 0 Å². The first kappa shape index (κ1) is 17.1. The van der Waals surface area contributed by atoms with Crippen LogP contribution in [0.25, 0.3) is 0 Å². The van der Waals surface area contributed by atoms with Crippen LogP contribution in [0.3, 0.4) is 0 Å². The number of likely N-dealkylation sites (tertiary alicyclic amines) is 1. The van der Waals surface area contributed by atoms with E-state index in [2.05, 4.69) is 42.7 Å². The summed E-state index contributed by atoms with van der Waals surface area (Å²) in [6.07, 6.45) is 3.00. The van der Waals surface area contributed by atoms with Gasteiger partial charge in [-0.2, -0.15) is 0 Å². The van der Waals surface area contributed by atoms with Gasteiger partial charge in [-0.1, -0.05) is 48.0 Å². The van der Waals surface area contributed by atoms with Crippen molar-refractivity contribution in [2.24, 2.45) is 0 Å². The maximum atomic E-state index is 11.3. The molecule has 1 fully saturated rings. The Balaban J connectivity index is 1.86. The van der Waals surface area contributed by atoms with Gasteiger partial charge in [-0.05, 0) is 38.0 Å². The van der Waals surface area contributed by atoms with Gasteiger partial charge in [0, 0.05) is 13.1 Å². The van der Waals surface area contributed by atoms with E-state index in [4.69, 9.17) is 4.74 Å². The normalized spacial score (nSPS) is 18.8. The van der Waals surface area contributed by atoms with Crippen LogP contribution < -0.4 is 0 Å². The van der Waals surface area contributed by atoms with Crippen LogP contribution in [-0.4, -0.2) is 41.0 Å². The number of carbonyl (C=O) groups excluding carboxylic acids is 1. The van der Waals surface area contributed by atoms with Crippen molar-refractivity contribution in [2.45, 2.75) is 38.5 Å². The van der Waals surface area contributed by atoms with E-state index in [9.17, 15) is 4.79 Å². The minimum atomic E-state index is -0.295. The van der Waals surface area contributed by atoms with Crippen molar-refractivity contribution in [3.8, 4) is 11.8 Å². The lowest BCUT2D eigenvalue weighted by molar-refractivity contribution is -0.106. The first-order chi connectivity index (χ1) is 10.5. The van der Waals surface area contributed by atoms with Crippen LogP contribution in [0.15, 0.2) is 30.3 Å². The number of ether oxygens (including phenoxy) is 1. The molecule has 0 amide bonds. The summed E-state index contributed by atoms with van der Waals surface area (Å²) in [5, 5.41) is -0.0795. The van der Waals surface area contributed by atoms with Crippen molar-refractivity contribution in [1.82, 2.24) is 4.90 Å². The SMILES string of the molecule is CSC(=O)C#CC(C)(C)N1CC[C@@H](OCc2ccccc2)C1. The molecule has 1 aromatic carbocycles. The highest BCUT2D eigenvalue weighted by molar-refractivity contribution is 8.13. The van der Waals surface area contributed by atoms with E-state index >= 15 is 0 Å². The molecule has 1 aliphatic heterocycles. The molecule has 0 saturated carbocycles. The molecule has 22 heavy (non-hydrogen) atoms. The lowest BCUT2D eigenvalue weighted by Gasteiger charge is -2.30. The Morgan fingerprint density at radius 3 is 2.82 bits per heavy atom.